The van der Waals surface area contributed by atoms with Gasteiger partial charge in [0.1, 0.15) is 5.75 Å². The average molecular weight is 367 g/mol. The van der Waals surface area contributed by atoms with Gasteiger partial charge in [0.25, 0.3) is 5.91 Å². The van der Waals surface area contributed by atoms with Crippen LogP contribution in [0.1, 0.15) is 26.3 Å². The van der Waals surface area contributed by atoms with Gasteiger partial charge in [0.15, 0.2) is 0 Å². The van der Waals surface area contributed by atoms with Gasteiger partial charge in [0, 0.05) is 12.1 Å². The number of benzene rings is 2. The highest BCUT2D eigenvalue weighted by molar-refractivity contribution is 5.96. The smallest absolute Gasteiger partial charge is 0.465 e. The van der Waals surface area contributed by atoms with E-state index >= 15 is 0 Å². The normalized spacial score (nSPS) is 10.9. The minimum atomic E-state index is -4.72. The van der Waals surface area contributed by atoms with Crippen molar-refractivity contribution >= 4 is 11.9 Å². The first-order valence-corrected chi connectivity index (χ1v) is 7.60. The maximum absolute atomic E-state index is 12.1. The van der Waals surface area contributed by atoms with Gasteiger partial charge in [-0.3, -0.25) is 4.79 Å². The molecule has 1 N–H and O–H groups in total. The zero-order chi connectivity index (χ0) is 19.2. The Morgan fingerprint density at radius 2 is 1.54 bits per heavy atom. The number of esters is 1. The fourth-order valence-corrected chi connectivity index (χ4v) is 2.16. The second-order valence-electron chi connectivity index (χ2n) is 5.27. The zero-order valence-electron chi connectivity index (χ0n) is 13.8. The van der Waals surface area contributed by atoms with Crippen molar-refractivity contribution in [1.82, 2.24) is 5.32 Å². The number of methoxy groups -OCH3 is 1. The van der Waals surface area contributed by atoms with Gasteiger partial charge in [-0.15, -0.1) is 13.2 Å². The van der Waals surface area contributed by atoms with Crippen LogP contribution in [0, 0.1) is 0 Å². The van der Waals surface area contributed by atoms with Gasteiger partial charge in [0.2, 0.25) is 0 Å². The van der Waals surface area contributed by atoms with E-state index in [1.54, 1.807) is 0 Å². The highest BCUT2D eigenvalue weighted by Crippen LogP contribution is 2.22. The van der Waals surface area contributed by atoms with E-state index in [2.05, 4.69) is 14.8 Å². The molecule has 2 aromatic carbocycles. The van der Waals surface area contributed by atoms with Crippen molar-refractivity contribution in [3.05, 3.63) is 65.2 Å². The number of hydrogen-bond acceptors (Lipinski definition) is 4. The van der Waals surface area contributed by atoms with Crippen LogP contribution in [-0.2, 0) is 11.2 Å². The fourth-order valence-electron chi connectivity index (χ4n) is 2.16. The summed E-state index contributed by atoms with van der Waals surface area (Å²) in [6.45, 7) is 0.303. The number of nitrogens with one attached hydrogen (secondary N) is 1. The first-order chi connectivity index (χ1) is 12.3. The lowest BCUT2D eigenvalue weighted by Gasteiger charge is -2.09. The molecular formula is C18H16F3NO4. The van der Waals surface area contributed by atoms with Gasteiger partial charge in [-0.2, -0.15) is 0 Å². The fraction of sp³-hybridized carbons (Fsp3) is 0.222. The van der Waals surface area contributed by atoms with Crippen molar-refractivity contribution in [3.63, 3.8) is 0 Å². The molecule has 1 amide bonds. The lowest BCUT2D eigenvalue weighted by atomic mass is 10.1. The van der Waals surface area contributed by atoms with Crippen molar-refractivity contribution < 1.29 is 32.2 Å². The molecule has 0 heterocycles. The zero-order valence-corrected chi connectivity index (χ0v) is 13.8. The Bertz CT molecular complexity index is 756. The van der Waals surface area contributed by atoms with Gasteiger partial charge < -0.3 is 14.8 Å². The summed E-state index contributed by atoms with van der Waals surface area (Å²) in [5, 5.41) is 2.70. The lowest BCUT2D eigenvalue weighted by Crippen LogP contribution is -2.25. The van der Waals surface area contributed by atoms with E-state index in [1.807, 2.05) is 0 Å². The second-order valence-corrected chi connectivity index (χ2v) is 5.27. The van der Waals surface area contributed by atoms with Crippen molar-refractivity contribution in [1.29, 1.82) is 0 Å². The number of amides is 1. The lowest BCUT2D eigenvalue weighted by molar-refractivity contribution is -0.274. The molecule has 26 heavy (non-hydrogen) atoms. The van der Waals surface area contributed by atoms with Gasteiger partial charge in [-0.05, 0) is 48.4 Å². The van der Waals surface area contributed by atoms with E-state index in [-0.39, 0.29) is 11.7 Å². The van der Waals surface area contributed by atoms with E-state index in [1.165, 1.54) is 55.6 Å². The molecular weight excluding hydrogens is 351 g/mol. The summed E-state index contributed by atoms with van der Waals surface area (Å²) >= 11 is 0. The molecule has 0 aliphatic carbocycles. The van der Waals surface area contributed by atoms with Crippen LogP contribution in [0.5, 0.6) is 5.75 Å². The number of carbonyl (C=O) groups is 2. The van der Waals surface area contributed by atoms with Crippen LogP contribution in [-0.4, -0.2) is 31.9 Å². The van der Waals surface area contributed by atoms with Crippen LogP contribution in [0.25, 0.3) is 0 Å². The molecule has 0 radical (unpaired) electrons. The quantitative estimate of drug-likeness (QED) is 0.796. The first-order valence-electron chi connectivity index (χ1n) is 7.60. The third-order valence-corrected chi connectivity index (χ3v) is 3.42. The average Bonchev–Trinajstić information content (AvgIpc) is 2.61. The molecule has 0 atom stereocenters. The largest absolute Gasteiger partial charge is 0.573 e. The predicted molar refractivity (Wildman–Crippen MR) is 86.9 cm³/mol. The number of alkyl halides is 3. The predicted octanol–water partition coefficient (Wildman–Crippen LogP) is 3.34. The number of halogens is 3. The molecule has 2 rings (SSSR count). The second kappa shape index (κ2) is 8.37. The molecule has 2 aromatic rings. The van der Waals surface area contributed by atoms with Crippen LogP contribution >= 0.6 is 0 Å². The van der Waals surface area contributed by atoms with Crippen LogP contribution in [0.2, 0.25) is 0 Å². The Kier molecular flexibility index (Phi) is 6.21. The number of ether oxygens (including phenoxy) is 2. The number of rotatable bonds is 6. The number of carbonyl (C=O) groups excluding carboxylic acids is 2. The molecule has 0 aromatic heterocycles. The molecule has 138 valence electrons. The maximum atomic E-state index is 12.1. The summed E-state index contributed by atoms with van der Waals surface area (Å²) in [7, 11) is 1.27. The summed E-state index contributed by atoms with van der Waals surface area (Å²) in [6, 6.07) is 11.4. The molecule has 0 saturated carbocycles. The maximum Gasteiger partial charge on any atom is 0.573 e. The number of hydrogen-bond donors (Lipinski definition) is 1. The molecule has 0 spiro atoms. The van der Waals surface area contributed by atoms with Crippen molar-refractivity contribution in [2.75, 3.05) is 13.7 Å². The highest BCUT2D eigenvalue weighted by Gasteiger charge is 2.30. The summed E-state index contributed by atoms with van der Waals surface area (Å²) in [6.07, 6.45) is -4.28. The third kappa shape index (κ3) is 5.80. The Balaban J connectivity index is 1.83. The van der Waals surface area contributed by atoms with Gasteiger partial charge in [-0.1, -0.05) is 12.1 Å². The minimum absolute atomic E-state index is 0.295. The van der Waals surface area contributed by atoms with E-state index in [4.69, 9.17) is 0 Å². The van der Waals surface area contributed by atoms with Gasteiger partial charge >= 0.3 is 12.3 Å². The van der Waals surface area contributed by atoms with Crippen LogP contribution in [0.3, 0.4) is 0 Å². The third-order valence-electron chi connectivity index (χ3n) is 3.42. The summed E-state index contributed by atoms with van der Waals surface area (Å²) in [5.74, 6) is -1.11. The van der Waals surface area contributed by atoms with Crippen molar-refractivity contribution in [2.45, 2.75) is 12.8 Å². The molecule has 0 saturated heterocycles. The SMILES string of the molecule is COC(=O)c1ccc(C(=O)NCCc2ccc(OC(F)(F)F)cc2)cc1. The summed E-state index contributed by atoms with van der Waals surface area (Å²) in [4.78, 5) is 23.4. The molecule has 8 heteroatoms. The van der Waals surface area contributed by atoms with Crippen molar-refractivity contribution in [2.24, 2.45) is 0 Å². The van der Waals surface area contributed by atoms with Gasteiger partial charge in [-0.25, -0.2) is 4.79 Å². The van der Waals surface area contributed by atoms with Crippen LogP contribution in [0.15, 0.2) is 48.5 Å². The molecule has 5 nitrogen and oxygen atoms in total. The molecule has 0 unspecified atom stereocenters. The molecule has 0 aliphatic heterocycles. The van der Waals surface area contributed by atoms with E-state index in [9.17, 15) is 22.8 Å². The van der Waals surface area contributed by atoms with Gasteiger partial charge in [0.05, 0.1) is 12.7 Å². The highest BCUT2D eigenvalue weighted by atomic mass is 19.4. The monoisotopic (exact) mass is 367 g/mol. The summed E-state index contributed by atoms with van der Waals surface area (Å²) < 4.78 is 44.6. The van der Waals surface area contributed by atoms with E-state index in [0.717, 1.165) is 5.56 Å². The Morgan fingerprint density at radius 1 is 0.962 bits per heavy atom. The topological polar surface area (TPSA) is 64.6 Å². The van der Waals surface area contributed by atoms with Crippen LogP contribution in [0.4, 0.5) is 13.2 Å². The Morgan fingerprint density at radius 3 is 2.08 bits per heavy atom. The van der Waals surface area contributed by atoms with Crippen molar-refractivity contribution in [3.8, 4) is 5.75 Å². The van der Waals surface area contributed by atoms with E-state index in [0.29, 0.717) is 24.1 Å². The van der Waals surface area contributed by atoms with Crippen LogP contribution < -0.4 is 10.1 Å². The molecule has 0 fully saturated rings. The van der Waals surface area contributed by atoms with E-state index < -0.39 is 12.3 Å². The minimum Gasteiger partial charge on any atom is -0.465 e. The first kappa shape index (κ1) is 19.3. The molecule has 0 aliphatic rings. The summed E-state index contributed by atoms with van der Waals surface area (Å²) in [5.41, 5.74) is 1.47. The Labute approximate surface area is 147 Å². The standard InChI is InChI=1S/C18H16F3NO4/c1-25-17(24)14-6-4-13(5-7-14)16(23)22-11-10-12-2-8-15(9-3-12)26-18(19,20)21/h2-9H,10-11H2,1H3,(H,22,23). The Hall–Kier alpha value is -3.03. The molecule has 0 bridgehead atoms.